The van der Waals surface area contributed by atoms with Crippen LogP contribution in [0.15, 0.2) is 58.1 Å². The highest BCUT2D eigenvalue weighted by Crippen LogP contribution is 2.04. The number of carbonyl (C=O) groups excluding carboxylic acids is 1. The Morgan fingerprint density at radius 3 is 2.57 bits per heavy atom. The molecule has 2 aromatic heterocycles. The summed E-state index contributed by atoms with van der Waals surface area (Å²) in [6, 6.07) is 11.4. The maximum absolute atomic E-state index is 13.3. The quantitative estimate of drug-likeness (QED) is 0.676. The summed E-state index contributed by atoms with van der Waals surface area (Å²) in [5, 5.41) is 10.8. The predicted octanol–water partition coefficient (Wildman–Crippen LogP) is 0.726. The van der Waals surface area contributed by atoms with Gasteiger partial charge in [0.2, 0.25) is 0 Å². The highest BCUT2D eigenvalue weighted by atomic mass is 19.1. The molecule has 3 rings (SSSR count). The Bertz CT molecular complexity index is 1120. The first kappa shape index (κ1) is 19.2. The average molecular weight is 383 g/mol. The zero-order chi connectivity index (χ0) is 20.1. The van der Waals surface area contributed by atoms with E-state index in [2.05, 4.69) is 15.5 Å². The van der Waals surface area contributed by atoms with Gasteiger partial charge in [0.25, 0.3) is 17.0 Å². The second-order valence-corrected chi connectivity index (χ2v) is 6.14. The van der Waals surface area contributed by atoms with Gasteiger partial charge in [-0.3, -0.25) is 14.4 Å². The molecular formula is C19H18FN5O3. The number of aryl methyl sites for hydroxylation is 1. The molecule has 0 saturated carbocycles. The number of benzene rings is 1. The predicted molar refractivity (Wildman–Crippen MR) is 99.6 cm³/mol. The average Bonchev–Trinajstić information content (AvgIpc) is 2.66. The molecule has 1 aromatic carbocycles. The van der Waals surface area contributed by atoms with Crippen LogP contribution in [0, 0.1) is 12.7 Å². The van der Waals surface area contributed by atoms with Crippen LogP contribution in [0.25, 0.3) is 0 Å². The van der Waals surface area contributed by atoms with Crippen molar-refractivity contribution >= 4 is 5.91 Å². The van der Waals surface area contributed by atoms with Gasteiger partial charge in [-0.15, -0.1) is 0 Å². The third-order valence-corrected chi connectivity index (χ3v) is 3.93. The standard InChI is InChI=1S/C19H18FN5O3/c1-13-5-7-17(26)24(22-13)10-9-21-19(28)16-6-8-18(27)25(23-16)12-14-3-2-4-15(20)11-14/h2-8,11H,9-10,12H2,1H3,(H,21,28). The maximum atomic E-state index is 13.3. The van der Waals surface area contributed by atoms with Crippen molar-refractivity contribution in [3.05, 3.63) is 92.0 Å². The van der Waals surface area contributed by atoms with Gasteiger partial charge in [-0.1, -0.05) is 12.1 Å². The van der Waals surface area contributed by atoms with Crippen molar-refractivity contribution in [3.8, 4) is 0 Å². The summed E-state index contributed by atoms with van der Waals surface area (Å²) in [4.78, 5) is 36.0. The number of aromatic nitrogens is 4. The summed E-state index contributed by atoms with van der Waals surface area (Å²) >= 11 is 0. The molecule has 0 aliphatic rings. The second kappa shape index (κ2) is 8.38. The van der Waals surface area contributed by atoms with Crippen LogP contribution in [-0.2, 0) is 13.1 Å². The summed E-state index contributed by atoms with van der Waals surface area (Å²) in [5.41, 5.74) is 0.618. The van der Waals surface area contributed by atoms with Crippen LogP contribution in [0.1, 0.15) is 21.7 Å². The highest BCUT2D eigenvalue weighted by molar-refractivity contribution is 5.91. The van der Waals surface area contributed by atoms with Gasteiger partial charge in [0.1, 0.15) is 11.5 Å². The molecule has 8 nitrogen and oxygen atoms in total. The molecule has 9 heteroatoms. The highest BCUT2D eigenvalue weighted by Gasteiger charge is 2.10. The summed E-state index contributed by atoms with van der Waals surface area (Å²) in [5.74, 6) is -0.909. The molecule has 0 bridgehead atoms. The van der Waals surface area contributed by atoms with Gasteiger partial charge < -0.3 is 5.32 Å². The number of amides is 1. The number of rotatable bonds is 6. The summed E-state index contributed by atoms with van der Waals surface area (Å²) in [7, 11) is 0. The Balaban J connectivity index is 1.67. The topological polar surface area (TPSA) is 98.9 Å². The monoisotopic (exact) mass is 383 g/mol. The molecule has 1 N–H and O–H groups in total. The number of carbonyl (C=O) groups is 1. The summed E-state index contributed by atoms with van der Waals surface area (Å²) in [6.07, 6.45) is 0. The van der Waals surface area contributed by atoms with Crippen molar-refractivity contribution in [1.82, 2.24) is 24.9 Å². The van der Waals surface area contributed by atoms with Crippen LogP contribution < -0.4 is 16.4 Å². The first-order chi connectivity index (χ1) is 13.4. The molecule has 0 radical (unpaired) electrons. The molecule has 1 amide bonds. The van der Waals surface area contributed by atoms with Gasteiger partial charge in [0.05, 0.1) is 18.8 Å². The Morgan fingerprint density at radius 2 is 1.79 bits per heavy atom. The molecule has 0 atom stereocenters. The van der Waals surface area contributed by atoms with Gasteiger partial charge in [0.15, 0.2) is 0 Å². The third-order valence-electron chi connectivity index (χ3n) is 3.93. The van der Waals surface area contributed by atoms with Gasteiger partial charge in [-0.05, 0) is 36.8 Å². The number of nitrogens with zero attached hydrogens (tertiary/aromatic N) is 4. The zero-order valence-electron chi connectivity index (χ0n) is 15.1. The van der Waals surface area contributed by atoms with Crippen molar-refractivity contribution < 1.29 is 9.18 Å². The van der Waals surface area contributed by atoms with Crippen LogP contribution in [0.2, 0.25) is 0 Å². The molecule has 2 heterocycles. The van der Waals surface area contributed by atoms with E-state index in [0.29, 0.717) is 11.3 Å². The van der Waals surface area contributed by atoms with Crippen LogP contribution >= 0.6 is 0 Å². The second-order valence-electron chi connectivity index (χ2n) is 6.14. The van der Waals surface area contributed by atoms with Crippen LogP contribution in [0.5, 0.6) is 0 Å². The van der Waals surface area contributed by atoms with E-state index >= 15 is 0 Å². The molecule has 3 aromatic rings. The maximum Gasteiger partial charge on any atom is 0.271 e. The normalized spacial score (nSPS) is 10.6. The zero-order valence-corrected chi connectivity index (χ0v) is 15.1. The van der Waals surface area contributed by atoms with E-state index < -0.39 is 17.3 Å². The largest absolute Gasteiger partial charge is 0.349 e. The van der Waals surface area contributed by atoms with Crippen molar-refractivity contribution in [2.75, 3.05) is 6.54 Å². The SMILES string of the molecule is Cc1ccc(=O)n(CCNC(=O)c2ccc(=O)n(Cc3cccc(F)c3)n2)n1. The lowest BCUT2D eigenvalue weighted by molar-refractivity contribution is 0.0944. The van der Waals surface area contributed by atoms with E-state index in [9.17, 15) is 18.8 Å². The molecule has 0 aliphatic heterocycles. The van der Waals surface area contributed by atoms with E-state index in [1.165, 1.54) is 41.1 Å². The fourth-order valence-electron chi connectivity index (χ4n) is 2.57. The van der Waals surface area contributed by atoms with E-state index in [1.54, 1.807) is 19.1 Å². The smallest absolute Gasteiger partial charge is 0.271 e. The summed E-state index contributed by atoms with van der Waals surface area (Å²) in [6.45, 7) is 2.18. The molecule has 0 unspecified atom stereocenters. The van der Waals surface area contributed by atoms with Crippen LogP contribution in [0.4, 0.5) is 4.39 Å². The van der Waals surface area contributed by atoms with Crippen LogP contribution in [0.3, 0.4) is 0 Å². The lowest BCUT2D eigenvalue weighted by atomic mass is 10.2. The number of halogens is 1. The number of nitrogens with one attached hydrogen (secondary N) is 1. The van der Waals surface area contributed by atoms with Gasteiger partial charge in [-0.25, -0.2) is 13.8 Å². The lowest BCUT2D eigenvalue weighted by Crippen LogP contribution is -2.34. The number of hydrogen-bond acceptors (Lipinski definition) is 5. The molecule has 144 valence electrons. The van der Waals surface area contributed by atoms with E-state index in [1.807, 2.05) is 0 Å². The van der Waals surface area contributed by atoms with Crippen molar-refractivity contribution in [2.24, 2.45) is 0 Å². The molecule has 0 fully saturated rings. The molecule has 0 saturated heterocycles. The molecule has 0 spiro atoms. The van der Waals surface area contributed by atoms with Gasteiger partial charge in [-0.2, -0.15) is 10.2 Å². The number of hydrogen-bond donors (Lipinski definition) is 1. The van der Waals surface area contributed by atoms with E-state index in [4.69, 9.17) is 0 Å². The minimum Gasteiger partial charge on any atom is -0.349 e. The fourth-order valence-corrected chi connectivity index (χ4v) is 2.57. The van der Waals surface area contributed by atoms with Crippen LogP contribution in [-0.4, -0.2) is 32.0 Å². The Hall–Kier alpha value is -3.62. The Labute approximate surface area is 159 Å². The Morgan fingerprint density at radius 1 is 1.04 bits per heavy atom. The van der Waals surface area contributed by atoms with Crippen molar-refractivity contribution in [3.63, 3.8) is 0 Å². The van der Waals surface area contributed by atoms with E-state index in [-0.39, 0.29) is 30.9 Å². The minimum atomic E-state index is -0.492. The fraction of sp³-hybridized carbons (Fsp3) is 0.211. The molecule has 0 aliphatic carbocycles. The van der Waals surface area contributed by atoms with Gasteiger partial charge in [0, 0.05) is 18.7 Å². The van der Waals surface area contributed by atoms with Crippen molar-refractivity contribution in [2.45, 2.75) is 20.0 Å². The molecular weight excluding hydrogens is 365 g/mol. The molecule has 28 heavy (non-hydrogen) atoms. The van der Waals surface area contributed by atoms with Gasteiger partial charge >= 0.3 is 0 Å². The van der Waals surface area contributed by atoms with E-state index in [0.717, 1.165) is 4.68 Å². The first-order valence-electron chi connectivity index (χ1n) is 8.58. The third kappa shape index (κ3) is 4.76. The lowest BCUT2D eigenvalue weighted by Gasteiger charge is -2.09. The first-order valence-corrected chi connectivity index (χ1v) is 8.58. The Kier molecular flexibility index (Phi) is 5.73. The minimum absolute atomic E-state index is 0.0420. The summed E-state index contributed by atoms with van der Waals surface area (Å²) < 4.78 is 15.7. The van der Waals surface area contributed by atoms with Crippen molar-refractivity contribution in [1.29, 1.82) is 0 Å².